The third kappa shape index (κ3) is 6.26. The van der Waals surface area contributed by atoms with E-state index >= 15 is 0 Å². The molecule has 3 fully saturated rings. The second kappa shape index (κ2) is 10.1. The summed E-state index contributed by atoms with van der Waals surface area (Å²) >= 11 is 0. The van der Waals surface area contributed by atoms with Gasteiger partial charge >= 0.3 is 0 Å². The third-order valence-corrected chi connectivity index (χ3v) is 5.81. The number of nitrogens with zero attached hydrogens (tertiary/aromatic N) is 2. The van der Waals surface area contributed by atoms with Crippen molar-refractivity contribution in [3.05, 3.63) is 0 Å². The number of hydrogen-bond donors (Lipinski definition) is 1. The van der Waals surface area contributed by atoms with Crippen LogP contribution in [-0.2, 0) is 9.47 Å². The van der Waals surface area contributed by atoms with Crippen molar-refractivity contribution in [3.8, 4) is 0 Å². The normalized spacial score (nSPS) is 29.1. The summed E-state index contributed by atoms with van der Waals surface area (Å²) in [5.74, 6) is 0.932. The Hall–Kier alpha value is -0.200. The zero-order chi connectivity index (χ0) is 16.6. The summed E-state index contributed by atoms with van der Waals surface area (Å²) in [7, 11) is 0. The van der Waals surface area contributed by atoms with Gasteiger partial charge in [-0.15, -0.1) is 0 Å². The highest BCUT2D eigenvalue weighted by molar-refractivity contribution is 4.77. The van der Waals surface area contributed by atoms with E-state index in [0.717, 1.165) is 58.1 Å². The summed E-state index contributed by atoms with van der Waals surface area (Å²) in [6.07, 6.45) is 9.28. The molecular weight excluding hydrogens is 304 g/mol. The molecule has 0 aromatic rings. The van der Waals surface area contributed by atoms with E-state index in [-0.39, 0.29) is 12.2 Å². The molecule has 2 saturated heterocycles. The van der Waals surface area contributed by atoms with Crippen LogP contribution in [0.3, 0.4) is 0 Å². The fraction of sp³-hybridized carbons (Fsp3) is 1.00. The van der Waals surface area contributed by atoms with Crippen LogP contribution in [0.15, 0.2) is 0 Å². The van der Waals surface area contributed by atoms with Crippen LogP contribution in [0.1, 0.15) is 44.9 Å². The lowest BCUT2D eigenvalue weighted by Crippen LogP contribution is -2.50. The van der Waals surface area contributed by atoms with E-state index in [1.165, 1.54) is 38.6 Å². The summed E-state index contributed by atoms with van der Waals surface area (Å²) < 4.78 is 11.2. The molecule has 0 amide bonds. The van der Waals surface area contributed by atoms with Crippen molar-refractivity contribution in [2.45, 2.75) is 57.2 Å². The standard InChI is InChI=1S/C19H36N2O3/c22-18(15-23-16-19-7-4-12-24-19)14-21-10-8-20(9-11-21)13-17-5-2-1-3-6-17/h17-19,22H,1-16H2. The fourth-order valence-corrected chi connectivity index (χ4v) is 4.35. The lowest BCUT2D eigenvalue weighted by molar-refractivity contribution is -0.0290. The van der Waals surface area contributed by atoms with Gasteiger partial charge in [0.05, 0.1) is 25.4 Å². The second-order valence-corrected chi connectivity index (χ2v) is 7.93. The van der Waals surface area contributed by atoms with Gasteiger partial charge in [-0.2, -0.15) is 0 Å². The molecule has 5 nitrogen and oxygen atoms in total. The number of aliphatic hydroxyl groups is 1. The molecule has 3 aliphatic rings. The molecule has 0 aromatic heterocycles. The Labute approximate surface area is 147 Å². The molecule has 3 rings (SSSR count). The average molecular weight is 341 g/mol. The first-order valence-electron chi connectivity index (χ1n) is 10.1. The van der Waals surface area contributed by atoms with E-state index in [1.807, 2.05) is 0 Å². The molecule has 1 N–H and O–H groups in total. The Bertz CT molecular complexity index is 336. The highest BCUT2D eigenvalue weighted by Crippen LogP contribution is 2.24. The van der Waals surface area contributed by atoms with Crippen LogP contribution in [0.4, 0.5) is 0 Å². The van der Waals surface area contributed by atoms with E-state index in [4.69, 9.17) is 9.47 Å². The minimum atomic E-state index is -0.378. The largest absolute Gasteiger partial charge is 0.389 e. The second-order valence-electron chi connectivity index (χ2n) is 7.93. The number of rotatable bonds is 8. The first-order chi connectivity index (χ1) is 11.8. The average Bonchev–Trinajstić information content (AvgIpc) is 3.11. The maximum absolute atomic E-state index is 10.2. The number of aliphatic hydroxyl groups excluding tert-OH is 1. The van der Waals surface area contributed by atoms with Crippen LogP contribution in [0, 0.1) is 5.92 Å². The Morgan fingerprint density at radius 3 is 2.42 bits per heavy atom. The molecule has 24 heavy (non-hydrogen) atoms. The molecule has 0 radical (unpaired) electrons. The van der Waals surface area contributed by atoms with Crippen LogP contribution < -0.4 is 0 Å². The van der Waals surface area contributed by atoms with Gasteiger partial charge in [-0.1, -0.05) is 19.3 Å². The van der Waals surface area contributed by atoms with E-state index in [1.54, 1.807) is 0 Å². The number of piperazine rings is 1. The fourth-order valence-electron chi connectivity index (χ4n) is 4.35. The van der Waals surface area contributed by atoms with Crippen molar-refractivity contribution >= 4 is 0 Å². The van der Waals surface area contributed by atoms with Crippen LogP contribution in [-0.4, -0.2) is 86.2 Å². The Morgan fingerprint density at radius 1 is 0.958 bits per heavy atom. The molecule has 2 unspecified atom stereocenters. The van der Waals surface area contributed by atoms with Gasteiger partial charge in [0, 0.05) is 45.9 Å². The van der Waals surface area contributed by atoms with Gasteiger partial charge in [0.25, 0.3) is 0 Å². The Balaban J connectivity index is 1.24. The highest BCUT2D eigenvalue weighted by Gasteiger charge is 2.23. The summed E-state index contributed by atoms with van der Waals surface area (Å²) in [5.41, 5.74) is 0. The van der Waals surface area contributed by atoms with Crippen molar-refractivity contribution in [2.24, 2.45) is 5.92 Å². The summed E-state index contributed by atoms with van der Waals surface area (Å²) in [4.78, 5) is 5.02. The molecule has 140 valence electrons. The minimum Gasteiger partial charge on any atom is -0.389 e. The van der Waals surface area contributed by atoms with E-state index in [0.29, 0.717) is 13.2 Å². The lowest BCUT2D eigenvalue weighted by Gasteiger charge is -2.37. The van der Waals surface area contributed by atoms with Crippen LogP contribution in [0.2, 0.25) is 0 Å². The van der Waals surface area contributed by atoms with Gasteiger partial charge in [0.15, 0.2) is 0 Å². The summed E-state index contributed by atoms with van der Waals surface area (Å²) in [5, 5.41) is 10.2. The molecule has 1 saturated carbocycles. The Morgan fingerprint density at radius 2 is 1.71 bits per heavy atom. The molecule has 0 bridgehead atoms. The molecule has 5 heteroatoms. The van der Waals surface area contributed by atoms with Gasteiger partial charge in [-0.25, -0.2) is 0 Å². The molecule has 1 aliphatic carbocycles. The first kappa shape index (κ1) is 18.6. The quantitative estimate of drug-likeness (QED) is 0.729. The minimum absolute atomic E-state index is 0.250. The third-order valence-electron chi connectivity index (χ3n) is 5.81. The number of hydrogen-bond acceptors (Lipinski definition) is 5. The monoisotopic (exact) mass is 340 g/mol. The molecule has 0 aromatic carbocycles. The molecule has 2 atom stereocenters. The smallest absolute Gasteiger partial charge is 0.0900 e. The van der Waals surface area contributed by atoms with Gasteiger partial charge in [0.2, 0.25) is 0 Å². The van der Waals surface area contributed by atoms with Gasteiger partial charge in [-0.3, -0.25) is 4.90 Å². The molecule has 0 spiro atoms. The van der Waals surface area contributed by atoms with Crippen LogP contribution >= 0.6 is 0 Å². The number of β-amino-alcohol motifs (C(OH)–C–C–N with tert-alkyl or cyclic N) is 1. The van der Waals surface area contributed by atoms with Crippen molar-refractivity contribution in [2.75, 3.05) is 59.1 Å². The number of ether oxygens (including phenoxy) is 2. The van der Waals surface area contributed by atoms with Crippen molar-refractivity contribution in [1.29, 1.82) is 0 Å². The zero-order valence-corrected chi connectivity index (χ0v) is 15.2. The topological polar surface area (TPSA) is 45.2 Å². The zero-order valence-electron chi connectivity index (χ0n) is 15.2. The molecule has 2 heterocycles. The van der Waals surface area contributed by atoms with Crippen molar-refractivity contribution in [1.82, 2.24) is 9.80 Å². The van der Waals surface area contributed by atoms with Gasteiger partial charge in [0.1, 0.15) is 0 Å². The van der Waals surface area contributed by atoms with Gasteiger partial charge in [-0.05, 0) is 31.6 Å². The molecular formula is C19H36N2O3. The van der Waals surface area contributed by atoms with Crippen LogP contribution in [0.5, 0.6) is 0 Å². The van der Waals surface area contributed by atoms with Crippen molar-refractivity contribution < 1.29 is 14.6 Å². The maximum Gasteiger partial charge on any atom is 0.0900 e. The van der Waals surface area contributed by atoms with Crippen molar-refractivity contribution in [3.63, 3.8) is 0 Å². The van der Waals surface area contributed by atoms with Gasteiger partial charge < -0.3 is 19.5 Å². The Kier molecular flexibility index (Phi) is 7.80. The predicted octanol–water partition coefficient (Wildman–Crippen LogP) is 1.74. The van der Waals surface area contributed by atoms with E-state index < -0.39 is 0 Å². The highest BCUT2D eigenvalue weighted by atomic mass is 16.5. The predicted molar refractivity (Wildman–Crippen MR) is 95.3 cm³/mol. The first-order valence-corrected chi connectivity index (χ1v) is 10.1. The summed E-state index contributed by atoms with van der Waals surface area (Å²) in [6.45, 7) is 8.42. The van der Waals surface area contributed by atoms with E-state index in [9.17, 15) is 5.11 Å². The SMILES string of the molecule is OC(COCC1CCCO1)CN1CCN(CC2CCCCC2)CC1. The maximum atomic E-state index is 10.2. The van der Waals surface area contributed by atoms with E-state index in [2.05, 4.69) is 9.80 Å². The van der Waals surface area contributed by atoms with Crippen LogP contribution in [0.25, 0.3) is 0 Å². The summed E-state index contributed by atoms with van der Waals surface area (Å²) in [6, 6.07) is 0. The lowest BCUT2D eigenvalue weighted by atomic mass is 9.89. The molecule has 2 aliphatic heterocycles.